The number of likely N-dealkylation sites (tertiary alicyclic amines) is 1. The first-order valence-corrected chi connectivity index (χ1v) is 8.74. The van der Waals surface area contributed by atoms with Crippen LogP contribution in [0.25, 0.3) is 0 Å². The molecule has 1 saturated carbocycles. The Kier molecular flexibility index (Phi) is 4.90. The number of hydrogen-bond acceptors (Lipinski definition) is 3. The summed E-state index contributed by atoms with van der Waals surface area (Å²) < 4.78 is 0. The van der Waals surface area contributed by atoms with E-state index in [1.807, 2.05) is 24.3 Å². The molecule has 0 aromatic heterocycles. The van der Waals surface area contributed by atoms with E-state index in [-0.39, 0.29) is 48.9 Å². The maximum atomic E-state index is 12.1. The summed E-state index contributed by atoms with van der Waals surface area (Å²) in [5.74, 6) is -0.475. The lowest BCUT2D eigenvalue weighted by Crippen LogP contribution is -2.46. The molecular weight excluding hydrogens is 328 g/mol. The maximum Gasteiger partial charge on any atom is 0.229 e. The van der Waals surface area contributed by atoms with E-state index in [4.69, 9.17) is 11.6 Å². The Balaban J connectivity index is 1.52. The number of nitrogens with one attached hydrogen (secondary N) is 1. The van der Waals surface area contributed by atoms with Gasteiger partial charge in [-0.05, 0) is 30.5 Å². The quantitative estimate of drug-likeness (QED) is 0.803. The number of nitrogens with zero attached hydrogens (tertiary/aromatic N) is 1. The molecule has 1 aromatic rings. The Bertz CT molecular complexity index is 637. The smallest absolute Gasteiger partial charge is 0.229 e. The first-order valence-electron chi connectivity index (χ1n) is 8.36. The largest absolute Gasteiger partial charge is 0.355 e. The van der Waals surface area contributed by atoms with Crippen molar-refractivity contribution < 1.29 is 14.4 Å². The van der Waals surface area contributed by atoms with E-state index < -0.39 is 0 Å². The molecular formula is C18H21ClN2O3. The third-order valence-corrected chi connectivity index (χ3v) is 5.36. The zero-order chi connectivity index (χ0) is 17.2. The first kappa shape index (κ1) is 17.0. The highest BCUT2D eigenvalue weighted by Gasteiger charge is 2.38. The molecule has 1 aliphatic carbocycles. The Morgan fingerprint density at radius 1 is 1.12 bits per heavy atom. The molecule has 5 nitrogen and oxygen atoms in total. The minimum Gasteiger partial charge on any atom is -0.355 e. The molecule has 2 aliphatic rings. The Morgan fingerprint density at radius 2 is 1.75 bits per heavy atom. The van der Waals surface area contributed by atoms with Gasteiger partial charge in [-0.25, -0.2) is 0 Å². The third kappa shape index (κ3) is 3.46. The van der Waals surface area contributed by atoms with Crippen LogP contribution >= 0.6 is 11.6 Å². The average Bonchev–Trinajstić information content (AvgIpc) is 2.84. The average molecular weight is 349 g/mol. The molecule has 2 fully saturated rings. The fraction of sp³-hybridized carbons (Fsp3) is 0.500. The van der Waals surface area contributed by atoms with Gasteiger partial charge in [-0.1, -0.05) is 30.2 Å². The van der Waals surface area contributed by atoms with Gasteiger partial charge in [0.05, 0.1) is 0 Å². The lowest BCUT2D eigenvalue weighted by Gasteiger charge is -2.42. The molecule has 1 N–H and O–H groups in total. The van der Waals surface area contributed by atoms with Crippen LogP contribution in [0.2, 0.25) is 5.02 Å². The molecule has 1 aliphatic heterocycles. The van der Waals surface area contributed by atoms with Gasteiger partial charge in [-0.3, -0.25) is 19.3 Å². The van der Waals surface area contributed by atoms with Gasteiger partial charge in [0.15, 0.2) is 0 Å². The summed E-state index contributed by atoms with van der Waals surface area (Å²) in [7, 11) is 0. The van der Waals surface area contributed by atoms with Crippen molar-refractivity contribution in [1.82, 2.24) is 10.2 Å². The second-order valence-electron chi connectivity index (χ2n) is 6.61. The number of hydrogen-bond donors (Lipinski definition) is 1. The predicted octanol–water partition coefficient (Wildman–Crippen LogP) is 2.42. The van der Waals surface area contributed by atoms with Crippen molar-refractivity contribution in [1.29, 1.82) is 0 Å². The highest BCUT2D eigenvalue weighted by atomic mass is 35.5. The van der Waals surface area contributed by atoms with Crippen LogP contribution in [-0.4, -0.2) is 35.7 Å². The van der Waals surface area contributed by atoms with Crippen molar-refractivity contribution in [2.24, 2.45) is 0 Å². The Labute approximate surface area is 146 Å². The van der Waals surface area contributed by atoms with Crippen molar-refractivity contribution in [3.8, 4) is 0 Å². The summed E-state index contributed by atoms with van der Waals surface area (Å²) in [6.45, 7) is 0.757. The molecule has 0 atom stereocenters. The topological polar surface area (TPSA) is 66.5 Å². The fourth-order valence-electron chi connectivity index (χ4n) is 3.42. The highest BCUT2D eigenvalue weighted by Crippen LogP contribution is 2.43. The molecule has 6 heteroatoms. The van der Waals surface area contributed by atoms with Gasteiger partial charge in [-0.15, -0.1) is 0 Å². The molecule has 3 rings (SSSR count). The van der Waals surface area contributed by atoms with Crippen molar-refractivity contribution in [2.75, 3.05) is 13.1 Å². The molecule has 24 heavy (non-hydrogen) atoms. The third-order valence-electron chi connectivity index (χ3n) is 5.11. The van der Waals surface area contributed by atoms with Crippen molar-refractivity contribution in [3.63, 3.8) is 0 Å². The van der Waals surface area contributed by atoms with Crippen LogP contribution < -0.4 is 5.32 Å². The number of amides is 3. The molecule has 0 spiro atoms. The molecule has 128 valence electrons. The number of benzene rings is 1. The van der Waals surface area contributed by atoms with Gasteiger partial charge >= 0.3 is 0 Å². The van der Waals surface area contributed by atoms with Crippen LogP contribution in [0.1, 0.15) is 44.1 Å². The fourth-order valence-corrected chi connectivity index (χ4v) is 3.54. The molecule has 0 bridgehead atoms. The van der Waals surface area contributed by atoms with E-state index >= 15 is 0 Å². The van der Waals surface area contributed by atoms with Crippen LogP contribution in [0.4, 0.5) is 0 Å². The monoisotopic (exact) mass is 348 g/mol. The van der Waals surface area contributed by atoms with Crippen LogP contribution in [0.15, 0.2) is 24.3 Å². The van der Waals surface area contributed by atoms with Crippen molar-refractivity contribution >= 4 is 29.3 Å². The number of carbonyl (C=O) groups is 3. The summed E-state index contributed by atoms with van der Waals surface area (Å²) in [4.78, 5) is 36.4. The minimum atomic E-state index is -0.176. The Morgan fingerprint density at radius 3 is 2.29 bits per heavy atom. The molecule has 1 saturated heterocycles. The predicted molar refractivity (Wildman–Crippen MR) is 90.6 cm³/mol. The molecule has 0 unspecified atom stereocenters. The van der Waals surface area contributed by atoms with E-state index in [0.29, 0.717) is 11.6 Å². The normalized spacial score (nSPS) is 19.3. The molecule has 3 amide bonds. The van der Waals surface area contributed by atoms with Gasteiger partial charge in [0.25, 0.3) is 0 Å². The second-order valence-corrected chi connectivity index (χ2v) is 7.04. The van der Waals surface area contributed by atoms with E-state index in [9.17, 15) is 14.4 Å². The molecule has 0 radical (unpaired) electrons. The van der Waals surface area contributed by atoms with Crippen LogP contribution in [-0.2, 0) is 19.8 Å². The van der Waals surface area contributed by atoms with Gasteiger partial charge < -0.3 is 5.32 Å². The second kappa shape index (κ2) is 6.93. The zero-order valence-corrected chi connectivity index (χ0v) is 14.3. The highest BCUT2D eigenvalue weighted by molar-refractivity contribution is 6.30. The SMILES string of the molecule is O=C(CCN1C(=O)CCC1=O)NCC1(c2ccc(Cl)cc2)CCC1. The van der Waals surface area contributed by atoms with E-state index in [1.165, 1.54) is 10.5 Å². The molecule has 1 heterocycles. The lowest BCUT2D eigenvalue weighted by atomic mass is 9.64. The number of rotatable bonds is 6. The van der Waals surface area contributed by atoms with Gasteiger partial charge in [-0.2, -0.15) is 0 Å². The number of imide groups is 1. The van der Waals surface area contributed by atoms with Gasteiger partial charge in [0.1, 0.15) is 0 Å². The van der Waals surface area contributed by atoms with E-state index in [0.717, 1.165) is 19.3 Å². The van der Waals surface area contributed by atoms with Gasteiger partial charge in [0.2, 0.25) is 17.7 Å². The minimum absolute atomic E-state index is 0.0144. The summed E-state index contributed by atoms with van der Waals surface area (Å²) >= 11 is 5.95. The summed E-state index contributed by atoms with van der Waals surface area (Å²) in [5.41, 5.74) is 1.18. The standard InChI is InChI=1S/C18H21ClN2O3/c19-14-4-2-13(3-5-14)18(9-1-10-18)12-20-15(22)8-11-21-16(23)6-7-17(21)24/h2-5H,1,6-12H2,(H,20,22). The van der Waals surface area contributed by atoms with Crippen LogP contribution in [0.3, 0.4) is 0 Å². The van der Waals surface area contributed by atoms with Crippen molar-refractivity contribution in [3.05, 3.63) is 34.9 Å². The van der Waals surface area contributed by atoms with Crippen molar-refractivity contribution in [2.45, 2.75) is 43.9 Å². The van der Waals surface area contributed by atoms with E-state index in [1.54, 1.807) is 0 Å². The number of halogens is 1. The van der Waals surface area contributed by atoms with Crippen LogP contribution in [0, 0.1) is 0 Å². The summed E-state index contributed by atoms with van der Waals surface area (Å²) in [5, 5.41) is 3.68. The van der Waals surface area contributed by atoms with E-state index in [2.05, 4.69) is 5.32 Å². The summed E-state index contributed by atoms with van der Waals surface area (Å²) in [6, 6.07) is 7.80. The molecule has 1 aromatic carbocycles. The maximum absolute atomic E-state index is 12.1. The summed E-state index contributed by atoms with van der Waals surface area (Å²) in [6.07, 6.45) is 3.92. The first-order chi connectivity index (χ1) is 11.5. The lowest BCUT2D eigenvalue weighted by molar-refractivity contribution is -0.138. The zero-order valence-electron chi connectivity index (χ0n) is 13.5. The number of carbonyl (C=O) groups excluding carboxylic acids is 3. The Hall–Kier alpha value is -1.88. The van der Waals surface area contributed by atoms with Crippen LogP contribution in [0.5, 0.6) is 0 Å². The van der Waals surface area contributed by atoms with Gasteiger partial charge in [0, 0.05) is 42.8 Å².